The fourth-order valence-electron chi connectivity index (χ4n) is 0.872. The summed E-state index contributed by atoms with van der Waals surface area (Å²) >= 11 is 3.24. The SMILES string of the molecule is C=C(Br)CN(C)CCCC(=O)O. The lowest BCUT2D eigenvalue weighted by Crippen LogP contribution is -2.21. The molecule has 12 heavy (non-hydrogen) atoms. The predicted molar refractivity (Wildman–Crippen MR) is 52.4 cm³/mol. The fraction of sp³-hybridized carbons (Fsp3) is 0.625. The van der Waals surface area contributed by atoms with Gasteiger partial charge in [0.2, 0.25) is 0 Å². The molecule has 0 atom stereocenters. The van der Waals surface area contributed by atoms with E-state index in [4.69, 9.17) is 5.11 Å². The molecule has 0 rings (SSSR count). The third kappa shape index (κ3) is 7.75. The second kappa shape index (κ2) is 6.20. The first-order valence-corrected chi connectivity index (χ1v) is 4.55. The Balaban J connectivity index is 3.37. The van der Waals surface area contributed by atoms with Crippen LogP contribution in [0.15, 0.2) is 11.1 Å². The fourth-order valence-corrected chi connectivity index (χ4v) is 1.30. The Bertz CT molecular complexity index is 170. The summed E-state index contributed by atoms with van der Waals surface area (Å²) in [6.07, 6.45) is 0.922. The molecule has 0 aliphatic carbocycles. The van der Waals surface area contributed by atoms with Crippen molar-refractivity contribution >= 4 is 21.9 Å². The highest BCUT2D eigenvalue weighted by Gasteiger charge is 2.01. The molecule has 0 aromatic heterocycles. The van der Waals surface area contributed by atoms with E-state index in [0.29, 0.717) is 6.42 Å². The third-order valence-electron chi connectivity index (χ3n) is 1.37. The average Bonchev–Trinajstić information content (AvgIpc) is 1.84. The van der Waals surface area contributed by atoms with E-state index in [1.807, 2.05) is 11.9 Å². The van der Waals surface area contributed by atoms with Gasteiger partial charge in [-0.3, -0.25) is 4.79 Å². The van der Waals surface area contributed by atoms with Gasteiger partial charge in [-0.15, -0.1) is 0 Å². The number of carbonyl (C=O) groups is 1. The van der Waals surface area contributed by atoms with Crippen molar-refractivity contribution in [3.8, 4) is 0 Å². The van der Waals surface area contributed by atoms with Crippen LogP contribution in [0, 0.1) is 0 Å². The van der Waals surface area contributed by atoms with Gasteiger partial charge in [0.15, 0.2) is 0 Å². The lowest BCUT2D eigenvalue weighted by atomic mass is 10.3. The number of carboxylic acid groups (broad SMARTS) is 1. The normalized spacial score (nSPS) is 10.2. The molecule has 0 bridgehead atoms. The van der Waals surface area contributed by atoms with Crippen LogP contribution in [0.25, 0.3) is 0 Å². The second-order valence-corrected chi connectivity index (χ2v) is 3.87. The Hall–Kier alpha value is -0.350. The Kier molecular flexibility index (Phi) is 6.02. The summed E-state index contributed by atoms with van der Waals surface area (Å²) in [6, 6.07) is 0. The van der Waals surface area contributed by atoms with E-state index in [9.17, 15) is 4.79 Å². The molecule has 0 saturated carbocycles. The van der Waals surface area contributed by atoms with Crippen molar-refractivity contribution in [1.29, 1.82) is 0 Å². The summed E-state index contributed by atoms with van der Waals surface area (Å²) in [5.41, 5.74) is 0. The highest BCUT2D eigenvalue weighted by molar-refractivity contribution is 9.11. The number of hydrogen-bond donors (Lipinski definition) is 1. The third-order valence-corrected chi connectivity index (χ3v) is 1.62. The van der Waals surface area contributed by atoms with Crippen molar-refractivity contribution in [3.05, 3.63) is 11.1 Å². The first kappa shape index (κ1) is 11.6. The van der Waals surface area contributed by atoms with Crippen LogP contribution in [-0.2, 0) is 4.79 Å². The molecular formula is C8H14BrNO2. The molecule has 4 heteroatoms. The van der Waals surface area contributed by atoms with E-state index in [0.717, 1.165) is 17.6 Å². The quantitative estimate of drug-likeness (QED) is 0.762. The molecule has 0 saturated heterocycles. The zero-order valence-electron chi connectivity index (χ0n) is 7.22. The molecule has 0 radical (unpaired) electrons. The van der Waals surface area contributed by atoms with Crippen LogP contribution in [-0.4, -0.2) is 36.1 Å². The van der Waals surface area contributed by atoms with Gasteiger partial charge in [0.1, 0.15) is 0 Å². The number of nitrogens with zero attached hydrogens (tertiary/aromatic N) is 1. The molecule has 0 fully saturated rings. The van der Waals surface area contributed by atoms with Crippen molar-refractivity contribution in [2.24, 2.45) is 0 Å². The molecule has 0 spiro atoms. The topological polar surface area (TPSA) is 40.5 Å². The molecule has 0 amide bonds. The molecule has 3 nitrogen and oxygen atoms in total. The summed E-state index contributed by atoms with van der Waals surface area (Å²) in [7, 11) is 1.94. The summed E-state index contributed by atoms with van der Waals surface area (Å²) in [5, 5.41) is 8.36. The molecular weight excluding hydrogens is 222 g/mol. The minimum atomic E-state index is -0.735. The van der Waals surface area contributed by atoms with Crippen molar-refractivity contribution < 1.29 is 9.90 Å². The zero-order valence-corrected chi connectivity index (χ0v) is 8.80. The van der Waals surface area contributed by atoms with Crippen LogP contribution < -0.4 is 0 Å². The lowest BCUT2D eigenvalue weighted by molar-refractivity contribution is -0.137. The lowest BCUT2D eigenvalue weighted by Gasteiger charge is -2.14. The number of hydrogen-bond acceptors (Lipinski definition) is 2. The smallest absolute Gasteiger partial charge is 0.303 e. The number of likely N-dealkylation sites (N-methyl/N-ethyl adjacent to an activating group) is 1. The maximum atomic E-state index is 10.2. The van der Waals surface area contributed by atoms with Crippen LogP contribution in [0.2, 0.25) is 0 Å². The Morgan fingerprint density at radius 3 is 2.67 bits per heavy atom. The van der Waals surface area contributed by atoms with Gasteiger partial charge in [0, 0.05) is 17.4 Å². The minimum absolute atomic E-state index is 0.235. The van der Waals surface area contributed by atoms with Crippen molar-refractivity contribution in [3.63, 3.8) is 0 Å². The molecule has 1 N–H and O–H groups in total. The van der Waals surface area contributed by atoms with Crippen molar-refractivity contribution in [2.45, 2.75) is 12.8 Å². The molecule has 0 aliphatic rings. The maximum Gasteiger partial charge on any atom is 0.303 e. The van der Waals surface area contributed by atoms with Gasteiger partial charge < -0.3 is 10.0 Å². The van der Waals surface area contributed by atoms with Gasteiger partial charge in [0.25, 0.3) is 0 Å². The molecule has 70 valence electrons. The number of carboxylic acids is 1. The van der Waals surface area contributed by atoms with Gasteiger partial charge in [-0.25, -0.2) is 0 Å². The Morgan fingerprint density at radius 2 is 2.25 bits per heavy atom. The highest BCUT2D eigenvalue weighted by atomic mass is 79.9. The van der Waals surface area contributed by atoms with Gasteiger partial charge in [0.05, 0.1) is 0 Å². The van der Waals surface area contributed by atoms with Crippen LogP contribution in [0.5, 0.6) is 0 Å². The van der Waals surface area contributed by atoms with E-state index in [1.54, 1.807) is 0 Å². The van der Waals surface area contributed by atoms with Gasteiger partial charge >= 0.3 is 5.97 Å². The predicted octanol–water partition coefficient (Wildman–Crippen LogP) is 1.69. The molecule has 0 heterocycles. The number of halogens is 1. The Morgan fingerprint density at radius 1 is 1.67 bits per heavy atom. The monoisotopic (exact) mass is 235 g/mol. The van der Waals surface area contributed by atoms with Crippen molar-refractivity contribution in [2.75, 3.05) is 20.1 Å². The summed E-state index contributed by atoms with van der Waals surface area (Å²) in [5.74, 6) is -0.735. The molecule has 0 aliphatic heterocycles. The van der Waals surface area contributed by atoms with Crippen LogP contribution in [0.1, 0.15) is 12.8 Å². The van der Waals surface area contributed by atoms with Crippen molar-refractivity contribution in [1.82, 2.24) is 4.90 Å². The largest absolute Gasteiger partial charge is 0.481 e. The number of rotatable bonds is 6. The van der Waals surface area contributed by atoms with Gasteiger partial charge in [-0.05, 0) is 20.0 Å². The standard InChI is InChI=1S/C8H14BrNO2/c1-7(9)6-10(2)5-3-4-8(11)12/h1,3-6H2,2H3,(H,11,12). The van der Waals surface area contributed by atoms with Gasteiger partial charge in [-0.2, -0.15) is 0 Å². The van der Waals surface area contributed by atoms with E-state index in [-0.39, 0.29) is 6.42 Å². The van der Waals surface area contributed by atoms with Gasteiger partial charge in [-0.1, -0.05) is 22.5 Å². The minimum Gasteiger partial charge on any atom is -0.481 e. The first-order chi connectivity index (χ1) is 5.52. The van der Waals surface area contributed by atoms with Crippen LogP contribution in [0.4, 0.5) is 0 Å². The average molecular weight is 236 g/mol. The summed E-state index contributed by atoms with van der Waals surface area (Å²) < 4.78 is 0.917. The molecule has 0 aromatic carbocycles. The van der Waals surface area contributed by atoms with E-state index in [2.05, 4.69) is 22.5 Å². The molecule has 0 unspecified atom stereocenters. The first-order valence-electron chi connectivity index (χ1n) is 3.76. The van der Waals surface area contributed by atoms with Crippen LogP contribution in [0.3, 0.4) is 0 Å². The van der Waals surface area contributed by atoms with E-state index >= 15 is 0 Å². The highest BCUT2D eigenvalue weighted by Crippen LogP contribution is 2.03. The number of aliphatic carboxylic acids is 1. The van der Waals surface area contributed by atoms with E-state index < -0.39 is 5.97 Å². The Labute approximate surface area is 81.2 Å². The summed E-state index contributed by atoms with van der Waals surface area (Å²) in [6.45, 7) is 5.25. The summed E-state index contributed by atoms with van der Waals surface area (Å²) in [4.78, 5) is 12.2. The maximum absolute atomic E-state index is 10.2. The zero-order chi connectivity index (χ0) is 9.56. The second-order valence-electron chi connectivity index (χ2n) is 2.75. The van der Waals surface area contributed by atoms with E-state index in [1.165, 1.54) is 0 Å². The van der Waals surface area contributed by atoms with Crippen LogP contribution >= 0.6 is 15.9 Å². The molecule has 0 aromatic rings.